The van der Waals surface area contributed by atoms with Gasteiger partial charge in [0.15, 0.2) is 6.10 Å². The number of ether oxygens (including phenoxy) is 2. The van der Waals surface area contributed by atoms with E-state index in [1.165, 1.54) is 63.9 Å². The quantitative estimate of drug-likeness (QED) is 0.00889. The number of unbranched alkanes of at least 4 members (excludes halogenated alkanes) is 16. The Bertz CT molecular complexity index is 1270. The fourth-order valence-corrected chi connectivity index (χ4v) is 7.36. The monoisotopic (exact) mass is 857 g/mol. The van der Waals surface area contributed by atoms with Crippen LogP contribution in [0.25, 0.3) is 0 Å². The molecular formula is C45H77O13P. The molecule has 0 aromatic carbocycles. The fraction of sp³-hybridized carbons (Fsp3) is 0.733. The van der Waals surface area contributed by atoms with Crippen LogP contribution in [0.1, 0.15) is 155 Å². The fourth-order valence-electron chi connectivity index (χ4n) is 6.38. The molecule has 13 nitrogen and oxygen atoms in total. The summed E-state index contributed by atoms with van der Waals surface area (Å²) in [5.74, 6) is -1.38. The second-order valence-electron chi connectivity index (χ2n) is 15.2. The van der Waals surface area contributed by atoms with Crippen LogP contribution in [0.5, 0.6) is 0 Å². The molecule has 0 heterocycles. The maximum Gasteiger partial charge on any atom is 0.472 e. The van der Waals surface area contributed by atoms with Crippen molar-refractivity contribution in [2.45, 2.75) is 198 Å². The lowest BCUT2D eigenvalue weighted by molar-refractivity contribution is -0.220. The first-order valence-electron chi connectivity index (χ1n) is 22.1. The van der Waals surface area contributed by atoms with Crippen molar-refractivity contribution in [3.63, 3.8) is 0 Å². The predicted octanol–water partition coefficient (Wildman–Crippen LogP) is 8.16. The van der Waals surface area contributed by atoms with Crippen LogP contribution in [-0.2, 0) is 32.7 Å². The van der Waals surface area contributed by atoms with Gasteiger partial charge in [-0.25, -0.2) is 9.36 Å². The first-order chi connectivity index (χ1) is 28.4. The van der Waals surface area contributed by atoms with Crippen molar-refractivity contribution in [1.29, 1.82) is 0 Å². The molecule has 0 saturated heterocycles. The number of rotatable bonds is 35. The SMILES string of the molecule is CC/C=C/C/C=C/C/C=C/CCCCCCCC(=O)OC[C@H](COP(=O)(O)OC1C(O)C(O)C(O)[C@@H](O)C1O)OC(=O)/C=C/C=C/CCCCCCCCCCCCC. The van der Waals surface area contributed by atoms with E-state index in [0.717, 1.165) is 76.7 Å². The number of hydrogen-bond acceptors (Lipinski definition) is 12. The highest BCUT2D eigenvalue weighted by Gasteiger charge is 2.51. The molecule has 1 aliphatic carbocycles. The van der Waals surface area contributed by atoms with E-state index in [-0.39, 0.29) is 6.42 Å². The number of phosphoric acid groups is 1. The zero-order chi connectivity index (χ0) is 43.6. The summed E-state index contributed by atoms with van der Waals surface area (Å²) in [7, 11) is -5.15. The van der Waals surface area contributed by atoms with Gasteiger partial charge < -0.3 is 39.9 Å². The van der Waals surface area contributed by atoms with Crippen LogP contribution in [-0.4, -0.2) is 98.3 Å². The summed E-state index contributed by atoms with van der Waals surface area (Å²) < 4.78 is 33.3. The molecule has 0 aromatic rings. The lowest BCUT2D eigenvalue weighted by Crippen LogP contribution is -2.64. The summed E-state index contributed by atoms with van der Waals surface area (Å²) in [5, 5.41) is 50.1. The van der Waals surface area contributed by atoms with Crippen molar-refractivity contribution < 1.29 is 63.1 Å². The molecule has 0 radical (unpaired) electrons. The maximum atomic E-state index is 12.8. The van der Waals surface area contributed by atoms with Gasteiger partial charge in [0.05, 0.1) is 6.61 Å². The molecular weight excluding hydrogens is 779 g/mol. The van der Waals surface area contributed by atoms with E-state index in [0.29, 0.717) is 6.42 Å². The van der Waals surface area contributed by atoms with Crippen LogP contribution in [0, 0.1) is 0 Å². The average molecular weight is 857 g/mol. The molecule has 340 valence electrons. The molecule has 0 amide bonds. The van der Waals surface area contributed by atoms with Gasteiger partial charge in [-0.3, -0.25) is 13.8 Å². The Hall–Kier alpha value is -2.45. The van der Waals surface area contributed by atoms with Crippen molar-refractivity contribution in [2.75, 3.05) is 13.2 Å². The minimum absolute atomic E-state index is 0.126. The Morgan fingerprint density at radius 3 is 1.66 bits per heavy atom. The van der Waals surface area contributed by atoms with Gasteiger partial charge in [-0.1, -0.05) is 152 Å². The minimum atomic E-state index is -5.15. The number of carbonyl (C=O) groups is 2. The highest BCUT2D eigenvalue weighted by Crippen LogP contribution is 2.47. The van der Waals surface area contributed by atoms with Crippen molar-refractivity contribution in [3.05, 3.63) is 60.8 Å². The number of carbonyl (C=O) groups excluding carboxylic acids is 2. The highest BCUT2D eigenvalue weighted by atomic mass is 31.2. The number of aliphatic hydroxyl groups excluding tert-OH is 5. The first-order valence-corrected chi connectivity index (χ1v) is 23.6. The standard InChI is InChI=1S/C45H77O13P/c1-3-5-7-9-11-13-15-17-19-21-23-25-27-29-31-33-38(46)55-35-37(36-56-59(53,54)58-45-43(51)41(49)40(48)42(50)44(45)52)57-39(47)34-32-30-28-26-24-22-20-18-16-14-12-10-8-6-4-2/h5,7,11,13,17,19,28,30,32,34,37,40-45,48-52H,3-4,6,8-10,12,14-16,18,20-27,29,31,33,35-36H2,1-2H3,(H,53,54)/b7-5+,13-11+,19-17+,30-28+,34-32+/t37-,40?,41-,42?,43?,44?,45?/m1/s1. The predicted molar refractivity (Wildman–Crippen MR) is 230 cm³/mol. The van der Waals surface area contributed by atoms with Gasteiger partial charge in [0.1, 0.15) is 43.2 Å². The van der Waals surface area contributed by atoms with E-state index < -0.39 is 75.7 Å². The number of aliphatic hydroxyl groups is 5. The summed E-state index contributed by atoms with van der Waals surface area (Å²) in [6.45, 7) is 3.06. The Balaban J connectivity index is 2.55. The molecule has 8 atom stereocenters. The van der Waals surface area contributed by atoms with Crippen LogP contribution < -0.4 is 0 Å². The molecule has 0 aliphatic heterocycles. The molecule has 14 heteroatoms. The van der Waals surface area contributed by atoms with Crippen molar-refractivity contribution in [1.82, 2.24) is 0 Å². The lowest BCUT2D eigenvalue weighted by atomic mass is 9.85. The summed E-state index contributed by atoms with van der Waals surface area (Å²) in [6.07, 6.45) is 29.1. The molecule has 0 aromatic heterocycles. The van der Waals surface area contributed by atoms with Crippen molar-refractivity contribution in [2.24, 2.45) is 0 Å². The molecule has 0 bridgehead atoms. The summed E-state index contributed by atoms with van der Waals surface area (Å²) >= 11 is 0. The second-order valence-corrected chi connectivity index (χ2v) is 16.6. The molecule has 1 saturated carbocycles. The maximum absolute atomic E-state index is 12.8. The third-order valence-electron chi connectivity index (χ3n) is 9.95. The lowest BCUT2D eigenvalue weighted by Gasteiger charge is -2.41. The van der Waals surface area contributed by atoms with Crippen LogP contribution in [0.15, 0.2) is 60.8 Å². The summed E-state index contributed by atoms with van der Waals surface area (Å²) in [6, 6.07) is 0. The topological polar surface area (TPSA) is 210 Å². The van der Waals surface area contributed by atoms with E-state index in [9.17, 15) is 44.6 Å². The summed E-state index contributed by atoms with van der Waals surface area (Å²) in [5.41, 5.74) is 0. The van der Waals surface area contributed by atoms with E-state index in [1.54, 1.807) is 6.08 Å². The third-order valence-corrected chi connectivity index (χ3v) is 10.9. The zero-order valence-corrected chi connectivity index (χ0v) is 36.7. The van der Waals surface area contributed by atoms with Crippen LogP contribution in [0.3, 0.4) is 0 Å². The zero-order valence-electron chi connectivity index (χ0n) is 35.8. The van der Waals surface area contributed by atoms with Gasteiger partial charge >= 0.3 is 19.8 Å². The number of esters is 2. The molecule has 1 fully saturated rings. The van der Waals surface area contributed by atoms with Gasteiger partial charge in [-0.15, -0.1) is 0 Å². The molecule has 59 heavy (non-hydrogen) atoms. The molecule has 1 aliphatic rings. The van der Waals surface area contributed by atoms with E-state index >= 15 is 0 Å². The Morgan fingerprint density at radius 1 is 0.593 bits per heavy atom. The van der Waals surface area contributed by atoms with Crippen LogP contribution >= 0.6 is 7.82 Å². The van der Waals surface area contributed by atoms with E-state index in [1.807, 2.05) is 6.08 Å². The van der Waals surface area contributed by atoms with Gasteiger partial charge in [-0.2, -0.15) is 0 Å². The van der Waals surface area contributed by atoms with Crippen molar-refractivity contribution in [3.8, 4) is 0 Å². The Kier molecular flexibility index (Phi) is 32.5. The van der Waals surface area contributed by atoms with E-state index in [4.69, 9.17) is 18.5 Å². The summed E-state index contributed by atoms with van der Waals surface area (Å²) in [4.78, 5) is 35.5. The number of allylic oxidation sites excluding steroid dienone is 9. The average Bonchev–Trinajstić information content (AvgIpc) is 3.21. The van der Waals surface area contributed by atoms with Gasteiger partial charge in [-0.05, 0) is 51.4 Å². The normalized spacial score (nSPS) is 22.9. The minimum Gasteiger partial charge on any atom is -0.462 e. The van der Waals surface area contributed by atoms with Gasteiger partial charge in [0, 0.05) is 12.5 Å². The first kappa shape index (κ1) is 54.6. The number of hydrogen-bond donors (Lipinski definition) is 6. The molecule has 0 spiro atoms. The number of phosphoric ester groups is 1. The Morgan fingerprint density at radius 2 is 1.08 bits per heavy atom. The third kappa shape index (κ3) is 27.9. The van der Waals surface area contributed by atoms with Gasteiger partial charge in [0.2, 0.25) is 0 Å². The Labute approximate surface area is 353 Å². The highest BCUT2D eigenvalue weighted by molar-refractivity contribution is 7.47. The molecule has 6 N–H and O–H groups in total. The van der Waals surface area contributed by atoms with Crippen molar-refractivity contribution >= 4 is 19.8 Å². The van der Waals surface area contributed by atoms with Crippen LogP contribution in [0.2, 0.25) is 0 Å². The second kappa shape index (κ2) is 35.2. The van der Waals surface area contributed by atoms with E-state index in [2.05, 4.69) is 50.3 Å². The largest absolute Gasteiger partial charge is 0.472 e. The molecule has 6 unspecified atom stereocenters. The van der Waals surface area contributed by atoms with Crippen LogP contribution in [0.4, 0.5) is 0 Å². The molecule has 1 rings (SSSR count). The van der Waals surface area contributed by atoms with Gasteiger partial charge in [0.25, 0.3) is 0 Å². The smallest absolute Gasteiger partial charge is 0.462 e.